The number of hydrogen-bond acceptors (Lipinski definition) is 2. The Morgan fingerprint density at radius 3 is 2.79 bits per heavy atom. The largest absolute Gasteiger partial charge is 0.369 e. The number of nitrogens with one attached hydrogen (secondary N) is 1. The number of halogens is 2. The first-order valence-corrected chi connectivity index (χ1v) is 4.19. The molecule has 0 atom stereocenters. The van der Waals surface area contributed by atoms with Gasteiger partial charge in [0.25, 0.3) is 0 Å². The third-order valence-electron chi connectivity index (χ3n) is 1.62. The van der Waals surface area contributed by atoms with Crippen LogP contribution in [0.3, 0.4) is 0 Å². The van der Waals surface area contributed by atoms with E-state index in [-0.39, 0.29) is 16.8 Å². The quantitative estimate of drug-likeness (QED) is 0.286. The van der Waals surface area contributed by atoms with E-state index in [0.29, 0.717) is 11.3 Å². The van der Waals surface area contributed by atoms with Gasteiger partial charge in [-0.1, -0.05) is 11.6 Å². The van der Waals surface area contributed by atoms with Crippen molar-refractivity contribution in [2.45, 2.75) is 6.92 Å². The van der Waals surface area contributed by atoms with Gasteiger partial charge in [0.1, 0.15) is 5.82 Å². The first-order chi connectivity index (χ1) is 6.54. The SMILES string of the molecule is Cc1cc(N=C(N)NN)c(Cl)cc1F. The van der Waals surface area contributed by atoms with Crippen LogP contribution >= 0.6 is 11.6 Å². The number of rotatable bonds is 1. The molecule has 0 aromatic heterocycles. The number of aliphatic imine (C=N–C) groups is 1. The number of benzene rings is 1. The third-order valence-corrected chi connectivity index (χ3v) is 1.92. The van der Waals surface area contributed by atoms with Crippen molar-refractivity contribution in [3.8, 4) is 0 Å². The number of guanidine groups is 1. The normalized spacial score (nSPS) is 11.6. The zero-order valence-electron chi connectivity index (χ0n) is 7.51. The molecule has 76 valence electrons. The Balaban J connectivity index is 3.16. The molecule has 1 aromatic rings. The van der Waals surface area contributed by atoms with Gasteiger partial charge in [-0.05, 0) is 24.6 Å². The number of hydrazine groups is 1. The molecular weight excluding hydrogens is 207 g/mol. The molecule has 0 saturated carbocycles. The van der Waals surface area contributed by atoms with Gasteiger partial charge in [-0.2, -0.15) is 0 Å². The molecule has 1 rings (SSSR count). The lowest BCUT2D eigenvalue weighted by molar-refractivity contribution is 0.619. The van der Waals surface area contributed by atoms with E-state index >= 15 is 0 Å². The monoisotopic (exact) mass is 216 g/mol. The van der Waals surface area contributed by atoms with Gasteiger partial charge >= 0.3 is 0 Å². The van der Waals surface area contributed by atoms with Crippen LogP contribution in [0.25, 0.3) is 0 Å². The third kappa shape index (κ3) is 2.34. The van der Waals surface area contributed by atoms with Gasteiger partial charge in [-0.3, -0.25) is 5.43 Å². The summed E-state index contributed by atoms with van der Waals surface area (Å²) >= 11 is 5.73. The fourth-order valence-electron chi connectivity index (χ4n) is 0.890. The van der Waals surface area contributed by atoms with Gasteiger partial charge in [0.05, 0.1) is 10.7 Å². The molecular formula is C8H10ClFN4. The molecule has 0 heterocycles. The lowest BCUT2D eigenvalue weighted by atomic mass is 10.2. The van der Waals surface area contributed by atoms with E-state index < -0.39 is 0 Å². The molecule has 1 aromatic carbocycles. The number of nitrogens with zero attached hydrogens (tertiary/aromatic N) is 1. The summed E-state index contributed by atoms with van der Waals surface area (Å²) in [6, 6.07) is 2.67. The second-order valence-corrected chi connectivity index (χ2v) is 3.10. The molecule has 6 heteroatoms. The summed E-state index contributed by atoms with van der Waals surface area (Å²) in [5, 5.41) is 0.186. The van der Waals surface area contributed by atoms with Crippen molar-refractivity contribution in [3.05, 3.63) is 28.5 Å². The molecule has 0 saturated heterocycles. The van der Waals surface area contributed by atoms with Crippen LogP contribution in [0.2, 0.25) is 5.02 Å². The van der Waals surface area contributed by atoms with Crippen LogP contribution in [0.4, 0.5) is 10.1 Å². The van der Waals surface area contributed by atoms with E-state index in [2.05, 4.69) is 10.4 Å². The van der Waals surface area contributed by atoms with Crippen LogP contribution < -0.4 is 17.0 Å². The van der Waals surface area contributed by atoms with E-state index in [4.69, 9.17) is 23.2 Å². The molecule has 0 spiro atoms. The van der Waals surface area contributed by atoms with E-state index in [1.165, 1.54) is 12.1 Å². The van der Waals surface area contributed by atoms with Crippen LogP contribution in [-0.4, -0.2) is 5.96 Å². The summed E-state index contributed by atoms with van der Waals surface area (Å²) < 4.78 is 13.0. The number of hydrogen-bond donors (Lipinski definition) is 3. The molecule has 0 unspecified atom stereocenters. The van der Waals surface area contributed by atoms with Crippen LogP contribution in [0.15, 0.2) is 17.1 Å². The maximum Gasteiger partial charge on any atom is 0.208 e. The standard InChI is InChI=1S/C8H10ClFN4/c1-4-2-7(13-8(11)14-12)5(9)3-6(4)10/h2-3H,12H2,1H3,(H3,11,13,14). The molecule has 0 aliphatic rings. The van der Waals surface area contributed by atoms with Crippen molar-refractivity contribution in [2.24, 2.45) is 16.6 Å². The van der Waals surface area contributed by atoms with Crippen LogP contribution in [0.5, 0.6) is 0 Å². The first kappa shape index (κ1) is 10.7. The summed E-state index contributed by atoms with van der Waals surface area (Å²) in [6.07, 6.45) is 0. The van der Waals surface area contributed by atoms with Gasteiger partial charge in [-0.15, -0.1) is 0 Å². The Labute approximate surface area is 85.7 Å². The van der Waals surface area contributed by atoms with Crippen LogP contribution in [-0.2, 0) is 0 Å². The van der Waals surface area contributed by atoms with E-state index in [1.54, 1.807) is 6.92 Å². The predicted molar refractivity (Wildman–Crippen MR) is 54.8 cm³/mol. The second-order valence-electron chi connectivity index (χ2n) is 2.69. The minimum Gasteiger partial charge on any atom is -0.369 e. The highest BCUT2D eigenvalue weighted by atomic mass is 35.5. The predicted octanol–water partition coefficient (Wildman–Crippen LogP) is 1.20. The van der Waals surface area contributed by atoms with Crippen molar-refractivity contribution < 1.29 is 4.39 Å². The minimum absolute atomic E-state index is 0.0120. The zero-order chi connectivity index (χ0) is 10.7. The smallest absolute Gasteiger partial charge is 0.208 e. The summed E-state index contributed by atoms with van der Waals surface area (Å²) in [5.74, 6) is 4.65. The highest BCUT2D eigenvalue weighted by Crippen LogP contribution is 2.27. The van der Waals surface area contributed by atoms with Crippen molar-refractivity contribution in [2.75, 3.05) is 0 Å². The van der Waals surface area contributed by atoms with Crippen LogP contribution in [0, 0.1) is 12.7 Å². The van der Waals surface area contributed by atoms with Gasteiger partial charge in [0.2, 0.25) is 5.96 Å². The lowest BCUT2D eigenvalue weighted by Gasteiger charge is -2.03. The molecule has 14 heavy (non-hydrogen) atoms. The number of nitrogens with two attached hydrogens (primary N) is 2. The van der Waals surface area contributed by atoms with Gasteiger partial charge in [0.15, 0.2) is 0 Å². The average molecular weight is 217 g/mol. The Morgan fingerprint density at radius 1 is 1.57 bits per heavy atom. The van der Waals surface area contributed by atoms with Crippen molar-refractivity contribution in [1.82, 2.24) is 5.43 Å². The molecule has 4 nitrogen and oxygen atoms in total. The van der Waals surface area contributed by atoms with Crippen molar-refractivity contribution in [3.63, 3.8) is 0 Å². The highest BCUT2D eigenvalue weighted by molar-refractivity contribution is 6.33. The molecule has 0 aliphatic carbocycles. The maximum atomic E-state index is 13.0. The maximum absolute atomic E-state index is 13.0. The molecule has 0 bridgehead atoms. The van der Waals surface area contributed by atoms with Crippen LogP contribution in [0.1, 0.15) is 5.56 Å². The van der Waals surface area contributed by atoms with E-state index in [9.17, 15) is 4.39 Å². The Bertz CT molecular complexity index is 378. The summed E-state index contributed by atoms with van der Waals surface area (Å²) in [5.41, 5.74) is 8.29. The fourth-order valence-corrected chi connectivity index (χ4v) is 1.08. The Hall–Kier alpha value is -1.33. The molecule has 0 aliphatic heterocycles. The lowest BCUT2D eigenvalue weighted by Crippen LogP contribution is -2.36. The van der Waals surface area contributed by atoms with E-state index in [0.717, 1.165) is 0 Å². The first-order valence-electron chi connectivity index (χ1n) is 3.81. The van der Waals surface area contributed by atoms with Crippen molar-refractivity contribution in [1.29, 1.82) is 0 Å². The minimum atomic E-state index is -0.381. The van der Waals surface area contributed by atoms with Gasteiger partial charge in [0, 0.05) is 0 Å². The summed E-state index contributed by atoms with van der Waals surface area (Å²) in [6.45, 7) is 1.61. The molecule has 0 fully saturated rings. The second kappa shape index (κ2) is 4.26. The Kier molecular flexibility index (Phi) is 3.27. The Morgan fingerprint density at radius 2 is 2.21 bits per heavy atom. The summed E-state index contributed by atoms with van der Waals surface area (Å²) in [7, 11) is 0. The molecule has 5 N–H and O–H groups in total. The molecule has 0 amide bonds. The highest BCUT2D eigenvalue weighted by Gasteiger charge is 2.04. The summed E-state index contributed by atoms with van der Waals surface area (Å²) in [4.78, 5) is 3.84. The van der Waals surface area contributed by atoms with Gasteiger partial charge in [-0.25, -0.2) is 15.2 Å². The fraction of sp³-hybridized carbons (Fsp3) is 0.125. The van der Waals surface area contributed by atoms with E-state index in [1.807, 2.05) is 0 Å². The molecule has 0 radical (unpaired) electrons. The van der Waals surface area contributed by atoms with Crippen molar-refractivity contribution >= 4 is 23.2 Å². The average Bonchev–Trinajstić information content (AvgIpc) is 2.14. The topological polar surface area (TPSA) is 76.4 Å². The zero-order valence-corrected chi connectivity index (χ0v) is 8.27. The van der Waals surface area contributed by atoms with Gasteiger partial charge < -0.3 is 5.73 Å². The number of aryl methyl sites for hydroxylation is 1.